The third kappa shape index (κ3) is 6.42. The molecule has 0 aliphatic carbocycles. The van der Waals surface area contributed by atoms with Crippen molar-refractivity contribution in [3.05, 3.63) is 65.5 Å². The average Bonchev–Trinajstić information content (AvgIpc) is 2.62. The zero-order valence-corrected chi connectivity index (χ0v) is 15.4. The standard InChI is InChI=1S/C20H24FNO2S/c1-3-18(24-19-7-5-4-6-17(19)21)20(23)22-12-13-25-14-16-10-8-15(2)9-11-16/h4-11,18H,3,12-14H2,1-2H3,(H,22,23)/t18-/m0/s1. The van der Waals surface area contributed by atoms with Gasteiger partial charge >= 0.3 is 0 Å². The molecule has 0 saturated heterocycles. The van der Waals surface area contributed by atoms with Crippen LogP contribution in [0.2, 0.25) is 0 Å². The normalized spacial score (nSPS) is 11.8. The van der Waals surface area contributed by atoms with E-state index < -0.39 is 11.9 Å². The topological polar surface area (TPSA) is 38.3 Å². The lowest BCUT2D eigenvalue weighted by Gasteiger charge is -2.17. The Labute approximate surface area is 153 Å². The molecular weight excluding hydrogens is 337 g/mol. The Morgan fingerprint density at radius 2 is 1.92 bits per heavy atom. The van der Waals surface area contributed by atoms with Crippen molar-refractivity contribution in [3.63, 3.8) is 0 Å². The number of amides is 1. The van der Waals surface area contributed by atoms with Gasteiger partial charge < -0.3 is 10.1 Å². The van der Waals surface area contributed by atoms with E-state index in [0.29, 0.717) is 13.0 Å². The molecule has 1 N–H and O–H groups in total. The number of rotatable bonds is 9. The summed E-state index contributed by atoms with van der Waals surface area (Å²) < 4.78 is 19.1. The highest BCUT2D eigenvalue weighted by molar-refractivity contribution is 7.98. The van der Waals surface area contributed by atoms with Crippen LogP contribution >= 0.6 is 11.8 Å². The van der Waals surface area contributed by atoms with E-state index in [9.17, 15) is 9.18 Å². The molecule has 0 fully saturated rings. The van der Waals surface area contributed by atoms with Crippen molar-refractivity contribution in [2.75, 3.05) is 12.3 Å². The SMILES string of the molecule is CC[C@H](Oc1ccccc1F)C(=O)NCCSCc1ccc(C)cc1. The lowest BCUT2D eigenvalue weighted by atomic mass is 10.2. The van der Waals surface area contributed by atoms with Gasteiger partial charge in [-0.05, 0) is 31.0 Å². The Hall–Kier alpha value is -2.01. The van der Waals surface area contributed by atoms with Crippen molar-refractivity contribution in [1.29, 1.82) is 0 Å². The number of para-hydroxylation sites is 1. The molecule has 1 amide bonds. The number of benzene rings is 2. The minimum Gasteiger partial charge on any atom is -0.478 e. The summed E-state index contributed by atoms with van der Waals surface area (Å²) in [5.41, 5.74) is 2.53. The Morgan fingerprint density at radius 3 is 2.60 bits per heavy atom. The number of aryl methyl sites for hydroxylation is 1. The van der Waals surface area contributed by atoms with Crippen molar-refractivity contribution < 1.29 is 13.9 Å². The summed E-state index contributed by atoms with van der Waals surface area (Å²) in [5, 5.41) is 2.86. The van der Waals surface area contributed by atoms with Gasteiger partial charge in [-0.2, -0.15) is 11.8 Å². The molecule has 1 atom stereocenters. The van der Waals surface area contributed by atoms with E-state index in [1.807, 2.05) is 6.92 Å². The predicted molar refractivity (Wildman–Crippen MR) is 101 cm³/mol. The van der Waals surface area contributed by atoms with Gasteiger partial charge in [-0.1, -0.05) is 48.9 Å². The molecule has 2 aromatic carbocycles. The van der Waals surface area contributed by atoms with E-state index in [0.717, 1.165) is 11.5 Å². The Kier molecular flexibility index (Phi) is 7.79. The van der Waals surface area contributed by atoms with Gasteiger partial charge in [0.1, 0.15) is 0 Å². The molecule has 134 valence electrons. The number of carbonyl (C=O) groups excluding carboxylic acids is 1. The predicted octanol–water partition coefficient (Wildman–Crippen LogP) is 4.34. The summed E-state index contributed by atoms with van der Waals surface area (Å²) in [7, 11) is 0. The molecule has 0 bridgehead atoms. The van der Waals surface area contributed by atoms with Crippen LogP contribution in [-0.2, 0) is 10.5 Å². The maximum absolute atomic E-state index is 13.6. The van der Waals surface area contributed by atoms with E-state index in [4.69, 9.17) is 4.74 Å². The maximum atomic E-state index is 13.6. The van der Waals surface area contributed by atoms with Crippen LogP contribution < -0.4 is 10.1 Å². The largest absolute Gasteiger partial charge is 0.478 e. The minimum atomic E-state index is -0.681. The Bertz CT molecular complexity index is 676. The highest BCUT2D eigenvalue weighted by atomic mass is 32.2. The van der Waals surface area contributed by atoms with Crippen molar-refractivity contribution in [2.24, 2.45) is 0 Å². The summed E-state index contributed by atoms with van der Waals surface area (Å²) in [5.74, 6) is 1.18. The summed E-state index contributed by atoms with van der Waals surface area (Å²) in [6.45, 7) is 4.48. The van der Waals surface area contributed by atoms with Crippen LogP contribution in [-0.4, -0.2) is 24.3 Å². The molecule has 0 saturated carbocycles. The van der Waals surface area contributed by atoms with Gasteiger partial charge in [0, 0.05) is 18.1 Å². The molecular formula is C20H24FNO2S. The fourth-order valence-corrected chi connectivity index (χ4v) is 3.07. The van der Waals surface area contributed by atoms with E-state index in [1.54, 1.807) is 23.9 Å². The molecule has 0 unspecified atom stereocenters. The van der Waals surface area contributed by atoms with Crippen LogP contribution in [0.15, 0.2) is 48.5 Å². The van der Waals surface area contributed by atoms with E-state index in [1.165, 1.54) is 23.3 Å². The van der Waals surface area contributed by atoms with Crippen LogP contribution in [0.1, 0.15) is 24.5 Å². The molecule has 0 radical (unpaired) electrons. The first-order valence-corrected chi connectivity index (χ1v) is 9.57. The molecule has 3 nitrogen and oxygen atoms in total. The van der Waals surface area contributed by atoms with Crippen molar-refractivity contribution in [1.82, 2.24) is 5.32 Å². The first-order valence-electron chi connectivity index (χ1n) is 8.42. The molecule has 0 spiro atoms. The van der Waals surface area contributed by atoms with Gasteiger partial charge in [-0.15, -0.1) is 0 Å². The monoisotopic (exact) mass is 361 g/mol. The van der Waals surface area contributed by atoms with Gasteiger partial charge in [0.25, 0.3) is 5.91 Å². The maximum Gasteiger partial charge on any atom is 0.261 e. The van der Waals surface area contributed by atoms with Gasteiger partial charge in [0.2, 0.25) is 0 Å². The molecule has 0 aromatic heterocycles. The third-order valence-electron chi connectivity index (χ3n) is 3.70. The molecule has 2 aromatic rings. The van der Waals surface area contributed by atoms with Gasteiger partial charge in [0.05, 0.1) is 0 Å². The average molecular weight is 361 g/mol. The lowest BCUT2D eigenvalue weighted by Crippen LogP contribution is -2.39. The molecule has 5 heteroatoms. The van der Waals surface area contributed by atoms with Crippen LogP contribution in [0.3, 0.4) is 0 Å². The zero-order chi connectivity index (χ0) is 18.1. The Morgan fingerprint density at radius 1 is 1.20 bits per heavy atom. The smallest absolute Gasteiger partial charge is 0.261 e. The molecule has 2 rings (SSSR count). The Balaban J connectivity index is 1.71. The second-order valence-corrected chi connectivity index (χ2v) is 6.88. The third-order valence-corrected chi connectivity index (χ3v) is 4.73. The number of hydrogen-bond acceptors (Lipinski definition) is 3. The van der Waals surface area contributed by atoms with E-state index in [2.05, 4.69) is 36.5 Å². The second-order valence-electron chi connectivity index (χ2n) is 5.77. The van der Waals surface area contributed by atoms with Crippen LogP contribution in [0.25, 0.3) is 0 Å². The molecule has 0 aliphatic rings. The second kappa shape index (κ2) is 10.1. The first-order chi connectivity index (χ1) is 12.1. The minimum absolute atomic E-state index is 0.109. The van der Waals surface area contributed by atoms with E-state index >= 15 is 0 Å². The fraction of sp³-hybridized carbons (Fsp3) is 0.350. The summed E-state index contributed by atoms with van der Waals surface area (Å²) in [4.78, 5) is 12.2. The number of ether oxygens (including phenoxy) is 1. The molecule has 0 heterocycles. The number of hydrogen-bond donors (Lipinski definition) is 1. The van der Waals surface area contributed by atoms with Crippen LogP contribution in [0, 0.1) is 12.7 Å². The van der Waals surface area contributed by atoms with Crippen molar-refractivity contribution >= 4 is 17.7 Å². The van der Waals surface area contributed by atoms with Crippen molar-refractivity contribution in [2.45, 2.75) is 32.1 Å². The van der Waals surface area contributed by atoms with Gasteiger partial charge in [-0.25, -0.2) is 4.39 Å². The van der Waals surface area contributed by atoms with Crippen LogP contribution in [0.4, 0.5) is 4.39 Å². The lowest BCUT2D eigenvalue weighted by molar-refractivity contribution is -0.128. The highest BCUT2D eigenvalue weighted by Crippen LogP contribution is 2.18. The highest BCUT2D eigenvalue weighted by Gasteiger charge is 2.19. The van der Waals surface area contributed by atoms with Crippen molar-refractivity contribution in [3.8, 4) is 5.75 Å². The fourth-order valence-electron chi connectivity index (χ4n) is 2.25. The zero-order valence-electron chi connectivity index (χ0n) is 14.6. The number of thioether (sulfide) groups is 1. The number of nitrogens with one attached hydrogen (secondary N) is 1. The van der Waals surface area contributed by atoms with E-state index in [-0.39, 0.29) is 11.7 Å². The number of halogens is 1. The summed E-state index contributed by atoms with van der Waals surface area (Å²) >= 11 is 1.76. The molecule has 0 aliphatic heterocycles. The van der Waals surface area contributed by atoms with Crippen LogP contribution in [0.5, 0.6) is 5.75 Å². The summed E-state index contributed by atoms with van der Waals surface area (Å²) in [6, 6.07) is 14.6. The molecule has 25 heavy (non-hydrogen) atoms. The quantitative estimate of drug-likeness (QED) is 0.675. The first kappa shape index (κ1) is 19.3. The summed E-state index contributed by atoms with van der Waals surface area (Å²) in [6.07, 6.45) is -0.199. The van der Waals surface area contributed by atoms with Gasteiger partial charge in [0.15, 0.2) is 17.7 Å². The van der Waals surface area contributed by atoms with Gasteiger partial charge in [-0.3, -0.25) is 4.79 Å². The number of carbonyl (C=O) groups is 1.